The van der Waals surface area contributed by atoms with Crippen molar-refractivity contribution < 1.29 is 9.47 Å². The highest BCUT2D eigenvalue weighted by Gasteiger charge is 1.95. The van der Waals surface area contributed by atoms with Crippen molar-refractivity contribution in [1.29, 1.82) is 0 Å². The first kappa shape index (κ1) is 12.2. The van der Waals surface area contributed by atoms with E-state index in [4.69, 9.17) is 9.47 Å². The summed E-state index contributed by atoms with van der Waals surface area (Å²) in [5.41, 5.74) is 0.885. The highest BCUT2D eigenvalue weighted by molar-refractivity contribution is 5.37. The van der Waals surface area contributed by atoms with Gasteiger partial charge in [-0.1, -0.05) is 0 Å². The third-order valence-corrected chi connectivity index (χ3v) is 2.32. The molecule has 1 heterocycles. The summed E-state index contributed by atoms with van der Waals surface area (Å²) >= 11 is 0. The van der Waals surface area contributed by atoms with Gasteiger partial charge in [-0.3, -0.25) is 0 Å². The topological polar surface area (TPSA) is 56.3 Å². The Hall–Kier alpha value is -2.30. The molecule has 0 bridgehead atoms. The van der Waals surface area contributed by atoms with Crippen molar-refractivity contribution in [3.63, 3.8) is 0 Å². The predicted octanol–water partition coefficient (Wildman–Crippen LogP) is 1.98. The minimum atomic E-state index is 0.571. The maximum atomic E-state index is 5.57. The van der Waals surface area contributed by atoms with Crippen molar-refractivity contribution in [2.45, 2.75) is 0 Å². The molecule has 0 aliphatic rings. The largest absolute Gasteiger partial charge is 0.497 e. The number of ether oxygens (including phenoxy) is 2. The Bertz CT molecular complexity index is 459. The lowest BCUT2D eigenvalue weighted by atomic mass is 10.3. The van der Waals surface area contributed by atoms with Gasteiger partial charge in [0.1, 0.15) is 24.4 Å². The van der Waals surface area contributed by atoms with Crippen LogP contribution >= 0.6 is 0 Å². The van der Waals surface area contributed by atoms with Gasteiger partial charge in [-0.05, 0) is 24.3 Å². The number of anilines is 1. The molecule has 0 amide bonds. The maximum absolute atomic E-state index is 5.57. The lowest BCUT2D eigenvalue weighted by Crippen LogP contribution is -2.11. The monoisotopic (exact) mass is 245 g/mol. The molecule has 18 heavy (non-hydrogen) atoms. The minimum absolute atomic E-state index is 0.571. The Morgan fingerprint density at radius 3 is 2.39 bits per heavy atom. The third-order valence-electron chi connectivity index (χ3n) is 2.32. The van der Waals surface area contributed by atoms with Gasteiger partial charge in [0.25, 0.3) is 0 Å². The summed E-state index contributed by atoms with van der Waals surface area (Å²) in [7, 11) is 1.64. The SMILES string of the molecule is COc1ccc(OCCNc2cncnc2)cc1. The second-order valence-corrected chi connectivity index (χ2v) is 3.58. The number of methoxy groups -OCH3 is 1. The first-order valence-corrected chi connectivity index (χ1v) is 5.64. The molecule has 0 unspecified atom stereocenters. The molecule has 1 aromatic heterocycles. The van der Waals surface area contributed by atoms with Crippen LogP contribution in [-0.4, -0.2) is 30.2 Å². The summed E-state index contributed by atoms with van der Waals surface area (Å²) in [5.74, 6) is 1.64. The van der Waals surface area contributed by atoms with E-state index >= 15 is 0 Å². The van der Waals surface area contributed by atoms with Gasteiger partial charge in [0.05, 0.1) is 25.2 Å². The molecule has 2 aromatic rings. The minimum Gasteiger partial charge on any atom is -0.497 e. The molecule has 0 aliphatic heterocycles. The molecule has 94 valence electrons. The molecule has 2 rings (SSSR count). The summed E-state index contributed by atoms with van der Waals surface area (Å²) in [4.78, 5) is 7.82. The first-order chi connectivity index (χ1) is 8.88. The standard InChI is InChI=1S/C13H15N3O2/c1-17-12-2-4-13(5-3-12)18-7-6-16-11-8-14-10-15-9-11/h2-5,8-10,16H,6-7H2,1H3. The van der Waals surface area contributed by atoms with E-state index < -0.39 is 0 Å². The van der Waals surface area contributed by atoms with Crippen LogP contribution in [0.4, 0.5) is 5.69 Å². The Labute approximate surface area is 106 Å². The van der Waals surface area contributed by atoms with Crippen molar-refractivity contribution in [3.05, 3.63) is 43.0 Å². The summed E-state index contributed by atoms with van der Waals surface area (Å²) in [6.07, 6.45) is 4.94. The molecule has 0 atom stereocenters. The van der Waals surface area contributed by atoms with E-state index in [0.717, 1.165) is 17.2 Å². The van der Waals surface area contributed by atoms with Crippen LogP contribution < -0.4 is 14.8 Å². The van der Waals surface area contributed by atoms with E-state index in [0.29, 0.717) is 13.2 Å². The maximum Gasteiger partial charge on any atom is 0.119 e. The summed E-state index contributed by atoms with van der Waals surface area (Å²) in [5, 5.41) is 3.16. The van der Waals surface area contributed by atoms with Crippen molar-refractivity contribution in [3.8, 4) is 11.5 Å². The van der Waals surface area contributed by atoms with Gasteiger partial charge in [-0.25, -0.2) is 9.97 Å². The van der Waals surface area contributed by atoms with E-state index in [1.54, 1.807) is 19.5 Å². The number of nitrogens with one attached hydrogen (secondary N) is 1. The van der Waals surface area contributed by atoms with Crippen molar-refractivity contribution >= 4 is 5.69 Å². The van der Waals surface area contributed by atoms with Gasteiger partial charge in [0.2, 0.25) is 0 Å². The molecular formula is C13H15N3O2. The molecule has 0 fully saturated rings. The Balaban J connectivity index is 1.72. The highest BCUT2D eigenvalue weighted by atomic mass is 16.5. The molecule has 0 spiro atoms. The van der Waals surface area contributed by atoms with Gasteiger partial charge < -0.3 is 14.8 Å². The number of hydrogen-bond donors (Lipinski definition) is 1. The second kappa shape index (κ2) is 6.44. The van der Waals surface area contributed by atoms with Crippen LogP contribution in [-0.2, 0) is 0 Å². The molecule has 5 heteroatoms. The van der Waals surface area contributed by atoms with E-state index in [2.05, 4.69) is 15.3 Å². The van der Waals surface area contributed by atoms with E-state index in [-0.39, 0.29) is 0 Å². The summed E-state index contributed by atoms with van der Waals surface area (Å²) in [6, 6.07) is 7.50. The van der Waals surface area contributed by atoms with Crippen LogP contribution in [0.3, 0.4) is 0 Å². The highest BCUT2D eigenvalue weighted by Crippen LogP contribution is 2.16. The Morgan fingerprint density at radius 1 is 1.06 bits per heavy atom. The van der Waals surface area contributed by atoms with Crippen LogP contribution in [0, 0.1) is 0 Å². The molecule has 1 N–H and O–H groups in total. The van der Waals surface area contributed by atoms with Crippen LogP contribution in [0.5, 0.6) is 11.5 Å². The zero-order valence-electron chi connectivity index (χ0n) is 10.2. The quantitative estimate of drug-likeness (QED) is 0.788. The molecular weight excluding hydrogens is 230 g/mol. The normalized spacial score (nSPS) is 9.83. The van der Waals surface area contributed by atoms with Crippen LogP contribution in [0.1, 0.15) is 0 Å². The van der Waals surface area contributed by atoms with E-state index in [1.165, 1.54) is 6.33 Å². The third kappa shape index (κ3) is 3.62. The summed E-state index contributed by atoms with van der Waals surface area (Å²) < 4.78 is 10.6. The fourth-order valence-electron chi connectivity index (χ4n) is 1.43. The second-order valence-electron chi connectivity index (χ2n) is 3.58. The fourth-order valence-corrected chi connectivity index (χ4v) is 1.43. The van der Waals surface area contributed by atoms with E-state index in [9.17, 15) is 0 Å². The van der Waals surface area contributed by atoms with Crippen molar-refractivity contribution in [2.75, 3.05) is 25.6 Å². The van der Waals surface area contributed by atoms with E-state index in [1.807, 2.05) is 24.3 Å². The molecule has 0 aliphatic carbocycles. The number of nitrogens with zero attached hydrogens (tertiary/aromatic N) is 2. The molecule has 1 aromatic carbocycles. The molecule has 0 saturated carbocycles. The average Bonchev–Trinajstić information content (AvgIpc) is 2.45. The zero-order chi connectivity index (χ0) is 12.6. The number of aromatic nitrogens is 2. The van der Waals surface area contributed by atoms with Crippen molar-refractivity contribution in [2.24, 2.45) is 0 Å². The Morgan fingerprint density at radius 2 is 1.72 bits per heavy atom. The number of benzene rings is 1. The summed E-state index contributed by atoms with van der Waals surface area (Å²) in [6.45, 7) is 1.26. The first-order valence-electron chi connectivity index (χ1n) is 5.64. The van der Waals surface area contributed by atoms with Crippen LogP contribution in [0.15, 0.2) is 43.0 Å². The number of hydrogen-bond acceptors (Lipinski definition) is 5. The molecule has 0 saturated heterocycles. The van der Waals surface area contributed by atoms with Gasteiger partial charge >= 0.3 is 0 Å². The van der Waals surface area contributed by atoms with Gasteiger partial charge in [0.15, 0.2) is 0 Å². The average molecular weight is 245 g/mol. The predicted molar refractivity (Wildman–Crippen MR) is 69.0 cm³/mol. The zero-order valence-corrected chi connectivity index (χ0v) is 10.2. The van der Waals surface area contributed by atoms with Crippen LogP contribution in [0.25, 0.3) is 0 Å². The van der Waals surface area contributed by atoms with Crippen molar-refractivity contribution in [1.82, 2.24) is 9.97 Å². The lowest BCUT2D eigenvalue weighted by molar-refractivity contribution is 0.331. The smallest absolute Gasteiger partial charge is 0.119 e. The van der Waals surface area contributed by atoms with Gasteiger partial charge in [-0.2, -0.15) is 0 Å². The fraction of sp³-hybridized carbons (Fsp3) is 0.231. The van der Waals surface area contributed by atoms with Crippen LogP contribution in [0.2, 0.25) is 0 Å². The molecule has 0 radical (unpaired) electrons. The number of rotatable bonds is 6. The molecule has 5 nitrogen and oxygen atoms in total. The lowest BCUT2D eigenvalue weighted by Gasteiger charge is -2.08. The van der Waals surface area contributed by atoms with Gasteiger partial charge in [0, 0.05) is 6.54 Å². The van der Waals surface area contributed by atoms with Gasteiger partial charge in [-0.15, -0.1) is 0 Å². The Kier molecular flexibility index (Phi) is 4.35.